The number of halogens is 1. The van der Waals surface area contributed by atoms with Crippen molar-refractivity contribution in [3.8, 4) is 11.4 Å². The molecule has 4 aromatic heterocycles. The zero-order valence-corrected chi connectivity index (χ0v) is 18.7. The minimum atomic E-state index is 0. The molecule has 0 N–H and O–H groups in total. The van der Waals surface area contributed by atoms with Gasteiger partial charge in [0.25, 0.3) is 5.78 Å². The van der Waals surface area contributed by atoms with Crippen molar-refractivity contribution in [3.63, 3.8) is 0 Å². The summed E-state index contributed by atoms with van der Waals surface area (Å²) in [6, 6.07) is 6.01. The first-order chi connectivity index (χ1) is 15.3. The van der Waals surface area contributed by atoms with Gasteiger partial charge in [0.15, 0.2) is 0 Å². The van der Waals surface area contributed by atoms with Crippen LogP contribution in [0.3, 0.4) is 0 Å². The lowest BCUT2D eigenvalue weighted by Crippen LogP contribution is -2.36. The van der Waals surface area contributed by atoms with Gasteiger partial charge in [-0.25, -0.2) is 4.98 Å². The van der Waals surface area contributed by atoms with E-state index in [1.165, 1.54) is 0 Å². The van der Waals surface area contributed by atoms with Gasteiger partial charge in [-0.3, -0.25) is 4.98 Å². The number of anilines is 1. The fourth-order valence-corrected chi connectivity index (χ4v) is 4.87. The van der Waals surface area contributed by atoms with Gasteiger partial charge in [-0.2, -0.15) is 19.6 Å². The van der Waals surface area contributed by atoms with Crippen molar-refractivity contribution in [2.24, 2.45) is 5.41 Å². The minimum absolute atomic E-state index is 0. The van der Waals surface area contributed by atoms with Crippen molar-refractivity contribution in [1.82, 2.24) is 34.7 Å². The van der Waals surface area contributed by atoms with Gasteiger partial charge in [0, 0.05) is 48.7 Å². The summed E-state index contributed by atoms with van der Waals surface area (Å²) in [4.78, 5) is 20.2. The topological polar surface area (TPSA) is 98.1 Å². The molecule has 0 radical (unpaired) electrons. The molecule has 1 atom stereocenters. The predicted molar refractivity (Wildman–Crippen MR) is 121 cm³/mol. The number of aryl methyl sites for hydroxylation is 1. The Morgan fingerprint density at radius 1 is 1.22 bits per heavy atom. The molecule has 10 heteroatoms. The highest BCUT2D eigenvalue weighted by Crippen LogP contribution is 2.64. The van der Waals surface area contributed by atoms with Crippen LogP contribution in [0.4, 0.5) is 5.82 Å². The first-order valence-electron chi connectivity index (χ1n) is 10.9. The molecule has 1 aliphatic carbocycles. The average Bonchev–Trinajstić information content (AvgIpc) is 3.16. The molecule has 1 unspecified atom stereocenters. The first kappa shape index (κ1) is 20.8. The van der Waals surface area contributed by atoms with Crippen molar-refractivity contribution < 1.29 is 4.52 Å². The zero-order chi connectivity index (χ0) is 20.8. The van der Waals surface area contributed by atoms with Gasteiger partial charge in [0.2, 0.25) is 11.7 Å². The number of hydrogen-bond acceptors (Lipinski definition) is 8. The summed E-state index contributed by atoms with van der Waals surface area (Å²) in [6.45, 7) is 4.12. The van der Waals surface area contributed by atoms with Crippen LogP contribution in [0.15, 0.2) is 41.4 Å². The first-order valence-corrected chi connectivity index (χ1v) is 10.9. The minimum Gasteiger partial charge on any atom is -0.356 e. The second-order valence-corrected chi connectivity index (χ2v) is 8.63. The van der Waals surface area contributed by atoms with Crippen molar-refractivity contribution in [3.05, 3.63) is 48.5 Å². The fourth-order valence-electron chi connectivity index (χ4n) is 4.87. The molecule has 2 fully saturated rings. The highest BCUT2D eigenvalue weighted by molar-refractivity contribution is 5.85. The Bertz CT molecular complexity index is 1220. The summed E-state index contributed by atoms with van der Waals surface area (Å²) in [5.74, 6) is 3.51. The standard InChI is InChI=1S/C22H24N8O.ClH/c1-2-4-16-11-18(30-21(26-16)24-14-25-30)29-9-6-22(7-10-29)12-17(22)20-27-19(28-31-20)15-5-3-8-23-13-15;/h3,5,8,11,13-14,17H,2,4,6-7,9-10,12H2,1H3;1H. The SMILES string of the molecule is CCCc1cc(N2CCC3(CC2)CC3c2nc(-c3cccnc3)no2)n2ncnc2n1.Cl. The summed E-state index contributed by atoms with van der Waals surface area (Å²) in [7, 11) is 0. The Hall–Kier alpha value is -3.07. The summed E-state index contributed by atoms with van der Waals surface area (Å²) < 4.78 is 7.50. The highest BCUT2D eigenvalue weighted by atomic mass is 35.5. The van der Waals surface area contributed by atoms with E-state index in [-0.39, 0.29) is 17.8 Å². The maximum absolute atomic E-state index is 5.64. The van der Waals surface area contributed by atoms with E-state index < -0.39 is 0 Å². The van der Waals surface area contributed by atoms with E-state index >= 15 is 0 Å². The second-order valence-electron chi connectivity index (χ2n) is 8.63. The quantitative estimate of drug-likeness (QED) is 0.451. The molecular formula is C22H25ClN8O. The van der Waals surface area contributed by atoms with Crippen LogP contribution < -0.4 is 4.90 Å². The Balaban J connectivity index is 0.00000216. The Labute approximate surface area is 191 Å². The van der Waals surface area contributed by atoms with E-state index in [1.54, 1.807) is 18.7 Å². The van der Waals surface area contributed by atoms with Crippen molar-refractivity contribution >= 4 is 24.0 Å². The molecular weight excluding hydrogens is 428 g/mol. The molecule has 4 aromatic rings. The van der Waals surface area contributed by atoms with Crippen molar-refractivity contribution in [2.75, 3.05) is 18.0 Å². The molecule has 9 nitrogen and oxygen atoms in total. The van der Waals surface area contributed by atoms with Crippen LogP contribution in [0, 0.1) is 5.41 Å². The van der Waals surface area contributed by atoms with Crippen LogP contribution in [0.5, 0.6) is 0 Å². The maximum Gasteiger partial charge on any atom is 0.254 e. The lowest BCUT2D eigenvalue weighted by atomic mass is 9.90. The van der Waals surface area contributed by atoms with E-state index in [4.69, 9.17) is 4.52 Å². The smallest absolute Gasteiger partial charge is 0.254 e. The number of piperidine rings is 1. The van der Waals surface area contributed by atoms with E-state index in [2.05, 4.69) is 48.1 Å². The molecule has 0 amide bonds. The zero-order valence-electron chi connectivity index (χ0n) is 17.9. The highest BCUT2D eigenvalue weighted by Gasteiger charge is 2.58. The third-order valence-electron chi connectivity index (χ3n) is 6.72. The van der Waals surface area contributed by atoms with Crippen LogP contribution in [0.1, 0.15) is 50.1 Å². The molecule has 5 heterocycles. The molecule has 1 saturated heterocycles. The number of pyridine rings is 1. The number of fused-ring (bicyclic) bond motifs is 1. The molecule has 32 heavy (non-hydrogen) atoms. The molecule has 1 spiro atoms. The lowest BCUT2D eigenvalue weighted by Gasteiger charge is -2.34. The third-order valence-corrected chi connectivity index (χ3v) is 6.72. The summed E-state index contributed by atoms with van der Waals surface area (Å²) in [5.41, 5.74) is 2.24. The largest absolute Gasteiger partial charge is 0.356 e. The van der Waals surface area contributed by atoms with Crippen molar-refractivity contribution in [1.29, 1.82) is 0 Å². The van der Waals surface area contributed by atoms with Crippen molar-refractivity contribution in [2.45, 2.75) is 44.9 Å². The second kappa shape index (κ2) is 8.12. The monoisotopic (exact) mass is 452 g/mol. The average molecular weight is 453 g/mol. The molecule has 2 aliphatic rings. The van der Waals surface area contributed by atoms with Gasteiger partial charge >= 0.3 is 0 Å². The maximum atomic E-state index is 5.64. The van der Waals surface area contributed by atoms with Gasteiger partial charge in [-0.15, -0.1) is 12.4 Å². The predicted octanol–water partition coefficient (Wildman–Crippen LogP) is 3.72. The normalized spacial score (nSPS) is 19.3. The number of nitrogens with zero attached hydrogens (tertiary/aromatic N) is 8. The summed E-state index contributed by atoms with van der Waals surface area (Å²) in [5, 5.41) is 8.59. The molecule has 6 rings (SSSR count). The molecule has 1 aliphatic heterocycles. The number of rotatable bonds is 5. The van der Waals surface area contributed by atoms with Crippen LogP contribution in [-0.2, 0) is 6.42 Å². The number of aromatic nitrogens is 7. The van der Waals surface area contributed by atoms with Crippen LogP contribution in [0.25, 0.3) is 17.2 Å². The van der Waals surface area contributed by atoms with Crippen LogP contribution in [-0.4, -0.2) is 47.8 Å². The number of hydrogen-bond donors (Lipinski definition) is 0. The Morgan fingerprint density at radius 2 is 2.09 bits per heavy atom. The van der Waals surface area contributed by atoms with E-state index in [0.29, 0.717) is 17.5 Å². The van der Waals surface area contributed by atoms with E-state index in [9.17, 15) is 0 Å². The molecule has 1 saturated carbocycles. The molecule has 0 aromatic carbocycles. The van der Waals surface area contributed by atoms with Gasteiger partial charge in [0.05, 0.1) is 0 Å². The summed E-state index contributed by atoms with van der Waals surface area (Å²) >= 11 is 0. The molecule has 166 valence electrons. The van der Waals surface area contributed by atoms with Gasteiger partial charge in [0.1, 0.15) is 12.1 Å². The van der Waals surface area contributed by atoms with Crippen LogP contribution in [0.2, 0.25) is 0 Å². The van der Waals surface area contributed by atoms with E-state index in [0.717, 1.165) is 68.2 Å². The Kier molecular flexibility index (Phi) is 5.28. The molecule has 0 bridgehead atoms. The Morgan fingerprint density at radius 3 is 2.88 bits per heavy atom. The van der Waals surface area contributed by atoms with Gasteiger partial charge < -0.3 is 9.42 Å². The summed E-state index contributed by atoms with van der Waals surface area (Å²) in [6.07, 6.45) is 10.4. The fraction of sp³-hybridized carbons (Fsp3) is 0.455. The lowest BCUT2D eigenvalue weighted by molar-refractivity contribution is 0.325. The third kappa shape index (κ3) is 3.50. The van der Waals surface area contributed by atoms with E-state index in [1.807, 2.05) is 16.6 Å². The van der Waals surface area contributed by atoms with Gasteiger partial charge in [-0.05, 0) is 43.2 Å². The van der Waals surface area contributed by atoms with Gasteiger partial charge in [-0.1, -0.05) is 18.5 Å². The van der Waals surface area contributed by atoms with Crippen LogP contribution >= 0.6 is 12.4 Å².